The van der Waals surface area contributed by atoms with Gasteiger partial charge in [-0.1, -0.05) is 31.5 Å². The molecule has 0 saturated heterocycles. The lowest BCUT2D eigenvalue weighted by atomic mass is 9.85. The molecule has 1 unspecified atom stereocenters. The van der Waals surface area contributed by atoms with E-state index in [0.29, 0.717) is 11.5 Å². The van der Waals surface area contributed by atoms with E-state index in [1.54, 1.807) is 0 Å². The van der Waals surface area contributed by atoms with Crippen LogP contribution in [0.15, 0.2) is 18.2 Å². The minimum Gasteiger partial charge on any atom is -0.490 e. The van der Waals surface area contributed by atoms with Gasteiger partial charge in [0, 0.05) is 19.0 Å². The summed E-state index contributed by atoms with van der Waals surface area (Å²) in [5, 5.41) is 3.65. The molecule has 1 aliphatic carbocycles. The van der Waals surface area contributed by atoms with Gasteiger partial charge in [0.05, 0.1) is 0 Å². The van der Waals surface area contributed by atoms with Crippen molar-refractivity contribution in [1.82, 2.24) is 5.32 Å². The van der Waals surface area contributed by atoms with Gasteiger partial charge in [0.2, 0.25) is 0 Å². The zero-order chi connectivity index (χ0) is 13.5. The average molecular weight is 259 g/mol. The van der Waals surface area contributed by atoms with Crippen molar-refractivity contribution >= 4 is 0 Å². The van der Waals surface area contributed by atoms with E-state index in [0.717, 1.165) is 31.2 Å². The summed E-state index contributed by atoms with van der Waals surface area (Å²) in [6.07, 6.45) is 5.28. The van der Waals surface area contributed by atoms with Gasteiger partial charge in [0.15, 0.2) is 0 Å². The van der Waals surface area contributed by atoms with Crippen molar-refractivity contribution in [3.05, 3.63) is 29.3 Å². The van der Waals surface area contributed by atoms with Crippen LogP contribution in [-0.4, -0.2) is 18.7 Å². The van der Waals surface area contributed by atoms with Crippen molar-refractivity contribution in [3.8, 4) is 5.75 Å². The van der Waals surface area contributed by atoms with Crippen LogP contribution < -0.4 is 10.1 Å². The summed E-state index contributed by atoms with van der Waals surface area (Å²) in [4.78, 5) is 0. The molecule has 1 aliphatic heterocycles. The Hall–Kier alpha value is -1.02. The fourth-order valence-corrected chi connectivity index (χ4v) is 2.96. The second-order valence-corrected chi connectivity index (χ2v) is 7.08. The van der Waals surface area contributed by atoms with Gasteiger partial charge in [-0.05, 0) is 43.2 Å². The van der Waals surface area contributed by atoms with E-state index < -0.39 is 0 Å². The summed E-state index contributed by atoms with van der Waals surface area (Å²) < 4.78 is 6.09. The lowest BCUT2D eigenvalue weighted by molar-refractivity contribution is 0.154. The molecule has 3 rings (SSSR count). The highest BCUT2D eigenvalue weighted by molar-refractivity contribution is 5.40. The van der Waals surface area contributed by atoms with Crippen molar-refractivity contribution in [2.24, 2.45) is 5.41 Å². The van der Waals surface area contributed by atoms with Gasteiger partial charge in [-0.3, -0.25) is 0 Å². The number of benzene rings is 1. The molecule has 2 aliphatic rings. The van der Waals surface area contributed by atoms with Gasteiger partial charge in [0.1, 0.15) is 11.9 Å². The molecule has 1 heterocycles. The first-order valence-electron chi connectivity index (χ1n) is 7.51. The van der Waals surface area contributed by atoms with Gasteiger partial charge >= 0.3 is 0 Å². The lowest BCUT2D eigenvalue weighted by Crippen LogP contribution is -2.34. The van der Waals surface area contributed by atoms with Crippen molar-refractivity contribution in [2.75, 3.05) is 6.54 Å². The third-order valence-electron chi connectivity index (χ3n) is 4.18. The zero-order valence-corrected chi connectivity index (χ0v) is 12.3. The van der Waals surface area contributed by atoms with Gasteiger partial charge in [-0.25, -0.2) is 0 Å². The molecule has 19 heavy (non-hydrogen) atoms. The number of hydrogen-bond acceptors (Lipinski definition) is 2. The van der Waals surface area contributed by atoms with E-state index in [4.69, 9.17) is 4.74 Å². The molecule has 1 aromatic rings. The number of hydrogen-bond donors (Lipinski definition) is 1. The average Bonchev–Trinajstić information content (AvgIpc) is 3.07. The largest absolute Gasteiger partial charge is 0.490 e. The predicted molar refractivity (Wildman–Crippen MR) is 78.7 cm³/mol. The molecular weight excluding hydrogens is 234 g/mol. The van der Waals surface area contributed by atoms with Gasteiger partial charge in [-0.2, -0.15) is 0 Å². The summed E-state index contributed by atoms with van der Waals surface area (Å²) in [6.45, 7) is 7.95. The molecule has 0 aromatic heterocycles. The summed E-state index contributed by atoms with van der Waals surface area (Å²) in [5.74, 6) is 1.10. The Morgan fingerprint density at radius 1 is 1.32 bits per heavy atom. The van der Waals surface area contributed by atoms with E-state index in [-0.39, 0.29) is 0 Å². The predicted octanol–water partition coefficient (Wildman–Crippen LogP) is 3.47. The van der Waals surface area contributed by atoms with Crippen LogP contribution in [0, 0.1) is 12.3 Å². The first-order valence-corrected chi connectivity index (χ1v) is 7.51. The first-order chi connectivity index (χ1) is 9.02. The van der Waals surface area contributed by atoms with Crippen LogP contribution in [0.3, 0.4) is 0 Å². The summed E-state index contributed by atoms with van der Waals surface area (Å²) in [5.41, 5.74) is 3.03. The van der Waals surface area contributed by atoms with Gasteiger partial charge < -0.3 is 10.1 Å². The molecule has 2 heteroatoms. The Morgan fingerprint density at radius 3 is 2.84 bits per heavy atom. The number of aryl methyl sites for hydroxylation is 1. The normalized spacial score (nSPS) is 22.2. The molecule has 1 fully saturated rings. The van der Waals surface area contributed by atoms with Crippen LogP contribution in [0.1, 0.15) is 44.2 Å². The van der Waals surface area contributed by atoms with E-state index in [2.05, 4.69) is 44.3 Å². The Kier molecular flexibility index (Phi) is 3.30. The molecule has 1 aromatic carbocycles. The third-order valence-corrected chi connectivity index (χ3v) is 4.18. The van der Waals surface area contributed by atoms with Crippen LogP contribution in [0.25, 0.3) is 0 Å². The smallest absolute Gasteiger partial charge is 0.123 e. The van der Waals surface area contributed by atoms with Crippen molar-refractivity contribution in [3.63, 3.8) is 0 Å². The van der Waals surface area contributed by atoms with Crippen molar-refractivity contribution in [2.45, 2.75) is 58.6 Å². The minimum atomic E-state index is 0.310. The van der Waals surface area contributed by atoms with E-state index in [9.17, 15) is 0 Å². The molecule has 1 N–H and O–H groups in total. The van der Waals surface area contributed by atoms with Crippen molar-refractivity contribution in [1.29, 1.82) is 0 Å². The van der Waals surface area contributed by atoms with Crippen molar-refractivity contribution < 1.29 is 4.74 Å². The molecule has 0 radical (unpaired) electrons. The molecule has 0 spiro atoms. The summed E-state index contributed by atoms with van der Waals surface area (Å²) >= 11 is 0. The maximum absolute atomic E-state index is 6.09. The Bertz CT molecular complexity index is 462. The quantitative estimate of drug-likeness (QED) is 0.874. The van der Waals surface area contributed by atoms with E-state index in [1.807, 2.05) is 0 Å². The number of rotatable bonds is 5. The maximum Gasteiger partial charge on any atom is 0.123 e. The van der Waals surface area contributed by atoms with Crippen LogP contribution in [0.4, 0.5) is 0 Å². The minimum absolute atomic E-state index is 0.310. The Morgan fingerprint density at radius 2 is 2.11 bits per heavy atom. The van der Waals surface area contributed by atoms with Crippen LogP contribution >= 0.6 is 0 Å². The van der Waals surface area contributed by atoms with E-state index in [1.165, 1.54) is 24.0 Å². The molecule has 1 atom stereocenters. The molecular formula is C17H25NO. The van der Waals surface area contributed by atoms with E-state index >= 15 is 0 Å². The van der Waals surface area contributed by atoms with Gasteiger partial charge in [-0.15, -0.1) is 0 Å². The first kappa shape index (κ1) is 13.0. The summed E-state index contributed by atoms with van der Waals surface area (Å²) in [6, 6.07) is 7.33. The number of nitrogens with one attached hydrogen (secondary N) is 1. The topological polar surface area (TPSA) is 21.3 Å². The molecule has 104 valence electrons. The maximum atomic E-state index is 6.09. The Balaban J connectivity index is 1.56. The second kappa shape index (κ2) is 4.82. The highest BCUT2D eigenvalue weighted by Crippen LogP contribution is 2.35. The van der Waals surface area contributed by atoms with Crippen LogP contribution in [-0.2, 0) is 6.42 Å². The Labute approximate surface area is 116 Å². The summed E-state index contributed by atoms with van der Waals surface area (Å²) in [7, 11) is 0. The fourth-order valence-electron chi connectivity index (χ4n) is 2.96. The standard InChI is InChI=1S/C17H25NO/c1-12-4-7-16-13(8-12)9-15(19-16)10-17(2,3)11-18-14-5-6-14/h4,7-8,14-15,18H,5-6,9-11H2,1-3H3. The molecule has 0 bridgehead atoms. The zero-order valence-electron chi connectivity index (χ0n) is 12.3. The monoisotopic (exact) mass is 259 g/mol. The third kappa shape index (κ3) is 3.30. The number of fused-ring (bicyclic) bond motifs is 1. The molecule has 0 amide bonds. The fraction of sp³-hybridized carbons (Fsp3) is 0.647. The van der Waals surface area contributed by atoms with Crippen LogP contribution in [0.5, 0.6) is 5.75 Å². The highest BCUT2D eigenvalue weighted by atomic mass is 16.5. The lowest BCUT2D eigenvalue weighted by Gasteiger charge is -2.28. The number of ether oxygens (including phenoxy) is 1. The SMILES string of the molecule is Cc1ccc2c(c1)CC(CC(C)(C)CNC1CC1)O2. The van der Waals surface area contributed by atoms with Crippen LogP contribution in [0.2, 0.25) is 0 Å². The highest BCUT2D eigenvalue weighted by Gasteiger charge is 2.31. The molecule has 1 saturated carbocycles. The van der Waals surface area contributed by atoms with Gasteiger partial charge in [0.25, 0.3) is 0 Å². The second-order valence-electron chi connectivity index (χ2n) is 7.08. The molecule has 2 nitrogen and oxygen atoms in total.